The molecule has 1 aromatic rings. The van der Waals surface area contributed by atoms with Crippen LogP contribution in [-0.2, 0) is 9.47 Å². The van der Waals surface area contributed by atoms with Crippen molar-refractivity contribution in [2.45, 2.75) is 20.8 Å². The maximum Gasteiger partial charge on any atom is 0.412 e. The van der Waals surface area contributed by atoms with Gasteiger partial charge in [0.1, 0.15) is 5.56 Å². The number of H-pyrrole nitrogens is 1. The lowest BCUT2D eigenvalue weighted by Gasteiger charge is -2.05. The third-order valence-electron chi connectivity index (χ3n) is 1.92. The topological polar surface area (TPSA) is 93.3 Å². The molecule has 0 spiro atoms. The van der Waals surface area contributed by atoms with Gasteiger partial charge in [-0.25, -0.2) is 9.59 Å². The molecule has 0 aromatic carbocycles. The number of anilines is 1. The van der Waals surface area contributed by atoms with Crippen molar-refractivity contribution < 1.29 is 19.1 Å². The summed E-state index contributed by atoms with van der Waals surface area (Å²) in [7, 11) is 0. The molecule has 0 aliphatic rings. The second-order valence-corrected chi connectivity index (χ2v) is 3.14. The molecule has 0 aliphatic heterocycles. The SMILES string of the molecule is CCOC(=O)Nc1n[nH]c(C)c1C(=O)OCC. The van der Waals surface area contributed by atoms with E-state index in [2.05, 4.69) is 15.5 Å². The highest BCUT2D eigenvalue weighted by Gasteiger charge is 2.21. The molecular formula is C10H15N3O4. The molecule has 2 N–H and O–H groups in total. The number of nitrogens with one attached hydrogen (secondary N) is 2. The largest absolute Gasteiger partial charge is 0.462 e. The van der Waals surface area contributed by atoms with Gasteiger partial charge >= 0.3 is 12.1 Å². The number of esters is 1. The van der Waals surface area contributed by atoms with Gasteiger partial charge in [-0.2, -0.15) is 5.10 Å². The first-order valence-corrected chi connectivity index (χ1v) is 5.26. The average Bonchev–Trinajstić information content (AvgIpc) is 2.60. The molecule has 1 rings (SSSR count). The Balaban J connectivity index is 2.86. The number of carbonyl (C=O) groups is 2. The van der Waals surface area contributed by atoms with Crippen LogP contribution < -0.4 is 5.32 Å². The van der Waals surface area contributed by atoms with Crippen LogP contribution in [0.25, 0.3) is 0 Å². The molecule has 7 nitrogen and oxygen atoms in total. The lowest BCUT2D eigenvalue weighted by molar-refractivity contribution is 0.0527. The highest BCUT2D eigenvalue weighted by Crippen LogP contribution is 2.17. The fourth-order valence-corrected chi connectivity index (χ4v) is 1.24. The van der Waals surface area contributed by atoms with E-state index in [1.165, 1.54) is 0 Å². The van der Waals surface area contributed by atoms with Crippen molar-refractivity contribution in [3.8, 4) is 0 Å². The Kier molecular flexibility index (Phi) is 4.50. The van der Waals surface area contributed by atoms with Crippen LogP contribution in [0.5, 0.6) is 0 Å². The van der Waals surface area contributed by atoms with Crippen LogP contribution in [0.15, 0.2) is 0 Å². The molecule has 0 radical (unpaired) electrons. The summed E-state index contributed by atoms with van der Waals surface area (Å²) in [4.78, 5) is 22.8. The molecular weight excluding hydrogens is 226 g/mol. The molecule has 7 heteroatoms. The lowest BCUT2D eigenvalue weighted by Crippen LogP contribution is -2.16. The summed E-state index contributed by atoms with van der Waals surface area (Å²) in [5.74, 6) is -0.426. The molecule has 0 saturated heterocycles. The van der Waals surface area contributed by atoms with Crippen LogP contribution in [0.2, 0.25) is 0 Å². The van der Waals surface area contributed by atoms with Crippen LogP contribution >= 0.6 is 0 Å². The summed E-state index contributed by atoms with van der Waals surface area (Å²) >= 11 is 0. The summed E-state index contributed by atoms with van der Waals surface area (Å²) in [5.41, 5.74) is 0.732. The highest BCUT2D eigenvalue weighted by molar-refractivity contribution is 5.99. The fourth-order valence-electron chi connectivity index (χ4n) is 1.24. The Morgan fingerprint density at radius 3 is 2.53 bits per heavy atom. The van der Waals surface area contributed by atoms with Gasteiger partial charge in [-0.15, -0.1) is 0 Å². The predicted octanol–water partition coefficient (Wildman–Crippen LogP) is 1.46. The molecule has 1 amide bonds. The minimum atomic E-state index is -0.662. The van der Waals surface area contributed by atoms with Crippen molar-refractivity contribution in [2.75, 3.05) is 18.5 Å². The number of hydrogen-bond donors (Lipinski definition) is 2. The normalized spacial score (nSPS) is 9.82. The van der Waals surface area contributed by atoms with Crippen molar-refractivity contribution in [3.05, 3.63) is 11.3 Å². The Morgan fingerprint density at radius 1 is 1.29 bits per heavy atom. The van der Waals surface area contributed by atoms with Crippen molar-refractivity contribution in [1.29, 1.82) is 0 Å². The molecule has 0 saturated carbocycles. The predicted molar refractivity (Wildman–Crippen MR) is 59.9 cm³/mol. The number of nitrogens with zero attached hydrogens (tertiary/aromatic N) is 1. The molecule has 0 unspecified atom stereocenters. The van der Waals surface area contributed by atoms with Crippen molar-refractivity contribution >= 4 is 17.9 Å². The van der Waals surface area contributed by atoms with E-state index in [0.717, 1.165) is 0 Å². The van der Waals surface area contributed by atoms with Crippen LogP contribution in [0.1, 0.15) is 29.9 Å². The Hall–Kier alpha value is -2.05. The second-order valence-electron chi connectivity index (χ2n) is 3.14. The fraction of sp³-hybridized carbons (Fsp3) is 0.500. The van der Waals surface area contributed by atoms with Gasteiger partial charge in [-0.3, -0.25) is 10.4 Å². The molecule has 17 heavy (non-hydrogen) atoms. The quantitative estimate of drug-likeness (QED) is 0.778. The number of rotatable bonds is 4. The number of aromatic nitrogens is 2. The van der Waals surface area contributed by atoms with Crippen LogP contribution in [0.3, 0.4) is 0 Å². The summed E-state index contributed by atoms with van der Waals surface area (Å²) in [6.07, 6.45) is -0.662. The molecule has 1 heterocycles. The molecule has 94 valence electrons. The lowest BCUT2D eigenvalue weighted by atomic mass is 10.2. The monoisotopic (exact) mass is 241 g/mol. The maximum atomic E-state index is 11.6. The van der Waals surface area contributed by atoms with Gasteiger partial charge in [0.15, 0.2) is 5.82 Å². The third-order valence-corrected chi connectivity index (χ3v) is 1.92. The van der Waals surface area contributed by atoms with Gasteiger partial charge in [0, 0.05) is 5.69 Å². The molecule has 1 aromatic heterocycles. The van der Waals surface area contributed by atoms with Gasteiger partial charge in [0.25, 0.3) is 0 Å². The van der Waals surface area contributed by atoms with Gasteiger partial charge in [0.05, 0.1) is 13.2 Å². The molecule has 0 aliphatic carbocycles. The summed E-state index contributed by atoms with van der Waals surface area (Å²) < 4.78 is 9.55. The van der Waals surface area contributed by atoms with Gasteiger partial charge in [-0.05, 0) is 20.8 Å². The number of hydrogen-bond acceptors (Lipinski definition) is 5. The molecule has 0 bridgehead atoms. The smallest absolute Gasteiger partial charge is 0.412 e. The van der Waals surface area contributed by atoms with Crippen LogP contribution in [0.4, 0.5) is 10.6 Å². The van der Waals surface area contributed by atoms with Gasteiger partial charge < -0.3 is 9.47 Å². The number of aryl methyl sites for hydroxylation is 1. The number of aromatic amines is 1. The van der Waals surface area contributed by atoms with E-state index in [-0.39, 0.29) is 24.6 Å². The Bertz CT molecular complexity index is 414. The van der Waals surface area contributed by atoms with E-state index in [0.29, 0.717) is 5.69 Å². The van der Waals surface area contributed by atoms with E-state index in [9.17, 15) is 9.59 Å². The third kappa shape index (κ3) is 3.20. The minimum absolute atomic E-state index is 0.111. The number of carbonyl (C=O) groups excluding carboxylic acids is 2. The molecule has 0 atom stereocenters. The summed E-state index contributed by atoms with van der Waals surface area (Å²) in [6.45, 7) is 5.54. The average molecular weight is 241 g/mol. The van der Waals surface area contributed by atoms with E-state index < -0.39 is 12.1 Å². The zero-order chi connectivity index (χ0) is 12.8. The first-order valence-electron chi connectivity index (χ1n) is 5.26. The first kappa shape index (κ1) is 13.0. The van der Waals surface area contributed by atoms with Crippen molar-refractivity contribution in [1.82, 2.24) is 10.2 Å². The molecule has 0 fully saturated rings. The van der Waals surface area contributed by atoms with Crippen LogP contribution in [-0.4, -0.2) is 35.5 Å². The zero-order valence-electron chi connectivity index (χ0n) is 9.99. The van der Waals surface area contributed by atoms with Crippen molar-refractivity contribution in [3.63, 3.8) is 0 Å². The van der Waals surface area contributed by atoms with E-state index in [4.69, 9.17) is 9.47 Å². The Morgan fingerprint density at radius 2 is 1.94 bits per heavy atom. The minimum Gasteiger partial charge on any atom is -0.462 e. The van der Waals surface area contributed by atoms with Crippen LogP contribution in [0, 0.1) is 6.92 Å². The first-order chi connectivity index (χ1) is 8.10. The van der Waals surface area contributed by atoms with Gasteiger partial charge in [0.2, 0.25) is 0 Å². The summed E-state index contributed by atoms with van der Waals surface area (Å²) in [6, 6.07) is 0. The highest BCUT2D eigenvalue weighted by atomic mass is 16.5. The van der Waals surface area contributed by atoms with Crippen molar-refractivity contribution in [2.24, 2.45) is 0 Å². The second kappa shape index (κ2) is 5.88. The Labute approximate surface area is 98.5 Å². The zero-order valence-corrected chi connectivity index (χ0v) is 9.99. The number of ether oxygens (including phenoxy) is 2. The van der Waals surface area contributed by atoms with E-state index >= 15 is 0 Å². The summed E-state index contributed by atoms with van der Waals surface area (Å²) in [5, 5.41) is 8.77. The standard InChI is InChI=1S/C10H15N3O4/c1-4-16-9(14)7-6(3)12-13-8(7)11-10(15)17-5-2/h4-5H2,1-3H3,(H2,11,12,13,15). The van der Waals surface area contributed by atoms with Gasteiger partial charge in [-0.1, -0.05) is 0 Å². The maximum absolute atomic E-state index is 11.6. The van der Waals surface area contributed by atoms with E-state index in [1.807, 2.05) is 0 Å². The van der Waals surface area contributed by atoms with E-state index in [1.54, 1.807) is 20.8 Å². The number of amides is 1.